The zero-order chi connectivity index (χ0) is 94.8. The van der Waals surface area contributed by atoms with Gasteiger partial charge in [0, 0.05) is 25.7 Å². The molecular formula is C64H36Cl2F52P2Pt+2. The zero-order valence-corrected chi connectivity index (χ0v) is 62.3. The van der Waals surface area contributed by atoms with E-state index in [2.05, 4.69) is 0 Å². The third kappa shape index (κ3) is 19.0. The monoisotopic (exact) mass is 2120 g/mol. The van der Waals surface area contributed by atoms with Crippen molar-refractivity contribution in [1.82, 2.24) is 0 Å². The maximum absolute atomic E-state index is 14.6. The molecule has 0 unspecified atom stereocenters. The first-order valence-corrected chi connectivity index (χ1v) is 39.1. The van der Waals surface area contributed by atoms with Gasteiger partial charge in [-0.1, -0.05) is 84.9 Å². The van der Waals surface area contributed by atoms with E-state index in [1.807, 2.05) is 0 Å². The van der Waals surface area contributed by atoms with Gasteiger partial charge in [-0.25, -0.2) is 0 Å². The number of alkyl halides is 52. The van der Waals surface area contributed by atoms with Crippen molar-refractivity contribution in [1.29, 1.82) is 0 Å². The van der Waals surface area contributed by atoms with Crippen LogP contribution in [0.3, 0.4) is 0 Å². The Bertz CT molecular complexity index is 3780. The van der Waals surface area contributed by atoms with Crippen molar-refractivity contribution in [2.75, 3.05) is 0 Å². The number of rotatable bonds is 22. The normalized spacial score (nSPS) is 15.0. The van der Waals surface area contributed by atoms with E-state index in [1.165, 1.54) is 60.7 Å². The SMILES string of the molecule is FC(F)(F)C(F)(F)C(F)(F)C(Cc1ccc([PH+](c2ccccc2)c2ccc(CC(C(F)(F)F)(C(F)(F)F)C(F)(F)C(F)(F)C(F)(F)F)cc2)cc1)(C(F)(F)F)C(F)(F)F.FC(F)(F)C(F)(F)C(F)(F)C(Cc1ccc([PH+](c2ccccc2)c2ccc(CC(C(F)(F)F)(C(F)(F)F)C(F)(F)C(F)(F)C(F)(F)F)cc2)cc1)(C(F)(F)F)C(F)(F)F.[Cl][Pt][Cl]. The Labute approximate surface area is 658 Å². The first-order chi connectivity index (χ1) is 53.6. The van der Waals surface area contributed by atoms with Crippen LogP contribution < -0.4 is 31.8 Å². The number of hydrogen-bond acceptors (Lipinski definition) is 0. The van der Waals surface area contributed by atoms with E-state index in [1.54, 1.807) is 0 Å². The average Bonchev–Trinajstić information content (AvgIpc) is 0.709. The van der Waals surface area contributed by atoms with Crippen molar-refractivity contribution in [3.8, 4) is 0 Å². The molecule has 0 aliphatic carbocycles. The Kier molecular flexibility index (Phi) is 30.6. The van der Waals surface area contributed by atoms with Crippen LogP contribution in [0.15, 0.2) is 158 Å². The first-order valence-electron chi connectivity index (χ1n) is 30.5. The Morgan fingerprint density at radius 2 is 0.281 bits per heavy atom. The molecule has 688 valence electrons. The molecule has 57 heteroatoms. The van der Waals surface area contributed by atoms with Crippen molar-refractivity contribution < 1.29 is 245 Å². The van der Waals surface area contributed by atoms with E-state index in [-0.39, 0.29) is 80.4 Å². The summed E-state index contributed by atoms with van der Waals surface area (Å²) < 4.78 is 715. The molecule has 0 saturated carbocycles. The molecule has 0 fully saturated rings. The predicted molar refractivity (Wildman–Crippen MR) is 322 cm³/mol. The molecule has 0 atom stereocenters. The standard InChI is InChI=1S/2C32H17F26P.2ClH.Pt/c2*33-23(34,25(37,38)31(53,54)55)21(27(41,42)43,28(44,45)46)14-16-6-10-19(11-7-16)59(18-4-2-1-3-5-18)20-12-8-17(9-13-20)15-22(29(47,48)49,30(50,51)52)24(35,36)26(39,40)32(56,57)58;;;/h2*1-13H,14-15H2;2*1H;/q;;;;+2. The van der Waals surface area contributed by atoms with Crippen LogP contribution >= 0.6 is 34.7 Å². The van der Waals surface area contributed by atoms with Crippen molar-refractivity contribution >= 4 is 66.5 Å². The molecule has 121 heavy (non-hydrogen) atoms. The van der Waals surface area contributed by atoms with Crippen molar-refractivity contribution in [3.63, 3.8) is 0 Å². The molecule has 0 spiro atoms. The Morgan fingerprint density at radius 1 is 0.165 bits per heavy atom. The van der Waals surface area contributed by atoms with Gasteiger partial charge in [0.25, 0.3) is 0 Å². The summed E-state index contributed by atoms with van der Waals surface area (Å²) in [5, 5.41) is -1.25. The minimum atomic E-state index is -7.98. The van der Waals surface area contributed by atoms with Crippen molar-refractivity contribution in [2.24, 2.45) is 21.7 Å². The van der Waals surface area contributed by atoms with Crippen LogP contribution in [0.2, 0.25) is 0 Å². The molecule has 0 nitrogen and oxygen atoms in total. The molecule has 6 aromatic rings. The van der Waals surface area contributed by atoms with Crippen LogP contribution in [0, 0.1) is 21.7 Å². The third-order valence-electron chi connectivity index (χ3n) is 18.0. The van der Waals surface area contributed by atoms with Gasteiger partial charge in [-0.05, 0) is 95.1 Å². The molecule has 6 rings (SSSR count). The molecule has 0 saturated heterocycles. The van der Waals surface area contributed by atoms with Crippen LogP contribution in [-0.4, -0.2) is 121 Å². The van der Waals surface area contributed by atoms with Crippen LogP contribution in [0.25, 0.3) is 0 Å². The summed E-state index contributed by atoms with van der Waals surface area (Å²) in [5.74, 6) is -63.7. The summed E-state index contributed by atoms with van der Waals surface area (Å²) in [6, 6.07) is 17.5. The maximum atomic E-state index is 14.6. The molecule has 0 heterocycles. The van der Waals surface area contributed by atoms with Gasteiger partial charge in [-0.2, -0.15) is 228 Å². The second-order valence-corrected chi connectivity index (χ2v) is 33.5. The fourth-order valence-corrected chi connectivity index (χ4v) is 16.7. The van der Waals surface area contributed by atoms with Gasteiger partial charge in [-0.15, -0.1) is 0 Å². The van der Waals surface area contributed by atoms with Gasteiger partial charge in [0.15, 0.2) is 0 Å². The second-order valence-electron chi connectivity index (χ2n) is 25.2. The summed E-state index contributed by atoms with van der Waals surface area (Å²) in [6.07, 6.45) is -105. The zero-order valence-electron chi connectivity index (χ0n) is 56.6. The van der Waals surface area contributed by atoms with E-state index in [0.29, 0.717) is 48.5 Å². The Balaban J connectivity index is 0.000000492. The van der Waals surface area contributed by atoms with Gasteiger partial charge in [0.1, 0.15) is 31.8 Å². The minimum absolute atomic E-state index is 0.0329. The number of halogens is 54. The van der Waals surface area contributed by atoms with Gasteiger partial charge in [0.05, 0.1) is 15.8 Å². The summed E-state index contributed by atoms with van der Waals surface area (Å²) in [7, 11) is 3.81. The quantitative estimate of drug-likeness (QED) is 0.0469. The van der Waals surface area contributed by atoms with Crippen LogP contribution in [0.5, 0.6) is 0 Å². The van der Waals surface area contributed by atoms with E-state index in [0.717, 1.165) is 0 Å². The third-order valence-corrected chi connectivity index (χ3v) is 23.5. The number of hydrogen-bond donors (Lipinski definition) is 0. The molecule has 0 aliphatic rings. The van der Waals surface area contributed by atoms with E-state index in [9.17, 15) is 228 Å². The molecule has 6 aromatic carbocycles. The fraction of sp³-hybridized carbons (Fsp3) is 0.438. The van der Waals surface area contributed by atoms with Crippen LogP contribution in [0.4, 0.5) is 228 Å². The van der Waals surface area contributed by atoms with E-state index in [4.69, 9.17) is 18.8 Å². The Morgan fingerprint density at radius 3 is 0.388 bits per heavy atom. The molecule has 0 N–H and O–H groups in total. The van der Waals surface area contributed by atoms with Gasteiger partial charge in [0.2, 0.25) is 21.7 Å². The fourth-order valence-electron chi connectivity index (χ4n) is 11.7. The summed E-state index contributed by atoms with van der Waals surface area (Å²) in [4.78, 5) is 0. The summed E-state index contributed by atoms with van der Waals surface area (Å²) in [6.45, 7) is 0. The van der Waals surface area contributed by atoms with E-state index >= 15 is 0 Å². The Hall–Kier alpha value is -6.19. The van der Waals surface area contributed by atoms with Crippen LogP contribution in [0.1, 0.15) is 22.3 Å². The number of benzene rings is 6. The summed E-state index contributed by atoms with van der Waals surface area (Å²) in [5.41, 5.74) is -34.9. The first kappa shape index (κ1) is 107. The molecular weight excluding hydrogens is 2080 g/mol. The van der Waals surface area contributed by atoms with E-state index < -0.39 is 223 Å². The van der Waals surface area contributed by atoms with Crippen LogP contribution in [-0.2, 0) is 42.2 Å². The summed E-state index contributed by atoms with van der Waals surface area (Å²) >= 11 is -0.472. The molecule has 0 aromatic heterocycles. The molecule has 0 radical (unpaired) electrons. The van der Waals surface area contributed by atoms with Crippen molar-refractivity contribution in [3.05, 3.63) is 180 Å². The second kappa shape index (κ2) is 34.5. The average molecular weight is 2120 g/mol. The predicted octanol–water partition coefficient (Wildman–Crippen LogP) is 25.7. The molecule has 0 aliphatic heterocycles. The van der Waals surface area contributed by atoms with Gasteiger partial charge in [-0.3, -0.25) is 0 Å². The van der Waals surface area contributed by atoms with Crippen molar-refractivity contribution in [2.45, 2.75) is 147 Å². The molecule has 0 bridgehead atoms. The van der Waals surface area contributed by atoms with Gasteiger partial charge >= 0.3 is 157 Å². The molecule has 0 amide bonds. The topological polar surface area (TPSA) is 0 Å². The van der Waals surface area contributed by atoms with Gasteiger partial charge < -0.3 is 0 Å².